The molecule has 4 rings (SSSR count). The highest BCUT2D eigenvalue weighted by molar-refractivity contribution is 7.10. The van der Waals surface area contributed by atoms with E-state index in [0.717, 1.165) is 25.3 Å². The van der Waals surface area contributed by atoms with Gasteiger partial charge in [0, 0.05) is 30.4 Å². The molecule has 3 aromatic rings. The van der Waals surface area contributed by atoms with Crippen molar-refractivity contribution in [1.82, 2.24) is 15.1 Å². The Labute approximate surface area is 139 Å². The average Bonchev–Trinajstić information content (AvgIpc) is 3.11. The van der Waals surface area contributed by atoms with Gasteiger partial charge >= 0.3 is 0 Å². The lowest BCUT2D eigenvalue weighted by atomic mass is 9.88. The molecule has 0 saturated heterocycles. The summed E-state index contributed by atoms with van der Waals surface area (Å²) in [4.78, 5) is 3.86. The summed E-state index contributed by atoms with van der Waals surface area (Å²) in [6.07, 6.45) is 0. The van der Waals surface area contributed by atoms with E-state index < -0.39 is 0 Å². The van der Waals surface area contributed by atoms with E-state index in [-0.39, 0.29) is 0 Å². The molecule has 2 aromatic heterocycles. The molecule has 1 aliphatic rings. The predicted molar refractivity (Wildman–Crippen MR) is 93.2 cm³/mol. The van der Waals surface area contributed by atoms with Crippen LogP contribution in [0.3, 0.4) is 0 Å². The van der Waals surface area contributed by atoms with E-state index in [1.807, 2.05) is 23.5 Å². The quantitative estimate of drug-likeness (QED) is 0.804. The fourth-order valence-corrected chi connectivity index (χ4v) is 4.05. The molecule has 1 aliphatic heterocycles. The van der Waals surface area contributed by atoms with Crippen LogP contribution >= 0.6 is 11.3 Å². The van der Waals surface area contributed by atoms with Crippen molar-refractivity contribution in [2.24, 2.45) is 0 Å². The largest absolute Gasteiger partial charge is 0.382 e. The topological polar surface area (TPSA) is 55.0 Å². The molecule has 0 aliphatic carbocycles. The number of nitrogens with zero attached hydrogens (tertiary/aromatic N) is 3. The minimum absolute atomic E-state index is 0.432. The van der Waals surface area contributed by atoms with Crippen LogP contribution in [0.2, 0.25) is 0 Å². The van der Waals surface area contributed by atoms with Crippen LogP contribution in [0.15, 0.2) is 53.9 Å². The van der Waals surface area contributed by atoms with Gasteiger partial charge in [0.1, 0.15) is 5.82 Å². The normalized spacial score (nSPS) is 17.8. The first kappa shape index (κ1) is 14.4. The van der Waals surface area contributed by atoms with Crippen LogP contribution in [0.25, 0.3) is 0 Å². The highest BCUT2D eigenvalue weighted by Gasteiger charge is 2.27. The second-order valence-electron chi connectivity index (χ2n) is 5.89. The molecule has 0 radical (unpaired) electrons. The fraction of sp³-hybridized carbons (Fsp3) is 0.222. The van der Waals surface area contributed by atoms with Crippen molar-refractivity contribution in [3.8, 4) is 0 Å². The molecule has 0 bridgehead atoms. The van der Waals surface area contributed by atoms with Crippen molar-refractivity contribution >= 4 is 17.2 Å². The van der Waals surface area contributed by atoms with Gasteiger partial charge < -0.3 is 5.73 Å². The summed E-state index contributed by atoms with van der Waals surface area (Å²) < 4.78 is 0. The van der Waals surface area contributed by atoms with Gasteiger partial charge in [-0.05, 0) is 34.7 Å². The number of hydrogen-bond acceptors (Lipinski definition) is 5. The summed E-state index contributed by atoms with van der Waals surface area (Å²) in [5, 5.41) is 10.3. The van der Waals surface area contributed by atoms with Crippen molar-refractivity contribution in [2.45, 2.75) is 19.0 Å². The maximum Gasteiger partial charge on any atom is 0.146 e. The summed E-state index contributed by atoms with van der Waals surface area (Å²) >= 11 is 1.83. The van der Waals surface area contributed by atoms with Gasteiger partial charge in [-0.25, -0.2) is 0 Å². The van der Waals surface area contributed by atoms with E-state index in [9.17, 15) is 0 Å². The van der Waals surface area contributed by atoms with Crippen molar-refractivity contribution in [3.63, 3.8) is 0 Å². The lowest BCUT2D eigenvalue weighted by Crippen LogP contribution is -2.33. The molecular formula is C18H18N4S. The molecule has 1 unspecified atom stereocenters. The molecule has 3 heterocycles. The number of anilines is 1. The Bertz CT molecular complexity index is 783. The average molecular weight is 322 g/mol. The van der Waals surface area contributed by atoms with Crippen LogP contribution < -0.4 is 5.73 Å². The van der Waals surface area contributed by atoms with E-state index in [0.29, 0.717) is 11.7 Å². The van der Waals surface area contributed by atoms with Crippen LogP contribution in [0, 0.1) is 0 Å². The van der Waals surface area contributed by atoms with Crippen LogP contribution in [0.5, 0.6) is 0 Å². The lowest BCUT2D eigenvalue weighted by Gasteiger charge is -2.34. The number of fused-ring (bicyclic) bond motifs is 1. The van der Waals surface area contributed by atoms with E-state index in [4.69, 9.17) is 5.73 Å². The minimum atomic E-state index is 0.432. The highest BCUT2D eigenvalue weighted by atomic mass is 32.1. The number of hydrogen-bond donors (Lipinski definition) is 1. The predicted octanol–water partition coefficient (Wildman–Crippen LogP) is 3.27. The smallest absolute Gasteiger partial charge is 0.146 e. The van der Waals surface area contributed by atoms with Gasteiger partial charge in [-0.1, -0.05) is 30.3 Å². The Hall–Kier alpha value is -2.24. The molecule has 0 fully saturated rings. The molecule has 5 heteroatoms. The van der Waals surface area contributed by atoms with Crippen LogP contribution in [-0.4, -0.2) is 21.6 Å². The molecule has 0 spiro atoms. The molecule has 0 amide bonds. The summed E-state index contributed by atoms with van der Waals surface area (Å²) in [7, 11) is 0. The molecular weight excluding hydrogens is 304 g/mol. The van der Waals surface area contributed by atoms with E-state index >= 15 is 0 Å². The number of thiophene rings is 1. The van der Waals surface area contributed by atoms with Crippen LogP contribution in [0.1, 0.15) is 27.6 Å². The Morgan fingerprint density at radius 3 is 2.78 bits per heavy atom. The van der Waals surface area contributed by atoms with Gasteiger partial charge in [0.05, 0.1) is 5.69 Å². The number of nitrogen functional groups attached to an aromatic ring is 1. The van der Waals surface area contributed by atoms with Gasteiger partial charge in [-0.2, -0.15) is 5.10 Å². The Kier molecular flexibility index (Phi) is 3.81. The van der Waals surface area contributed by atoms with Gasteiger partial charge in [0.2, 0.25) is 0 Å². The third-order valence-corrected chi connectivity index (χ3v) is 5.26. The number of benzene rings is 1. The third-order valence-electron chi connectivity index (χ3n) is 4.28. The molecule has 0 saturated carbocycles. The van der Waals surface area contributed by atoms with E-state index in [1.54, 1.807) is 0 Å². The van der Waals surface area contributed by atoms with Crippen molar-refractivity contribution in [3.05, 3.63) is 75.6 Å². The van der Waals surface area contributed by atoms with Gasteiger partial charge in [-0.15, -0.1) is 16.4 Å². The van der Waals surface area contributed by atoms with Crippen molar-refractivity contribution in [2.75, 3.05) is 12.3 Å². The summed E-state index contributed by atoms with van der Waals surface area (Å²) in [5.74, 6) is 0.899. The Morgan fingerprint density at radius 1 is 1.09 bits per heavy atom. The Balaban J connectivity index is 1.62. The molecule has 2 N–H and O–H groups in total. The number of aromatic nitrogens is 2. The van der Waals surface area contributed by atoms with Crippen molar-refractivity contribution < 1.29 is 0 Å². The SMILES string of the molecule is Nc1ccc(CN2Cc3ccccc3C(c3cccs3)C2)nn1. The zero-order valence-electron chi connectivity index (χ0n) is 12.7. The summed E-state index contributed by atoms with van der Waals surface area (Å²) in [5.41, 5.74) is 9.44. The molecule has 23 heavy (non-hydrogen) atoms. The molecule has 1 aromatic carbocycles. The molecule has 4 nitrogen and oxygen atoms in total. The first-order valence-corrected chi connectivity index (χ1v) is 8.59. The zero-order chi connectivity index (χ0) is 15.6. The van der Waals surface area contributed by atoms with Crippen LogP contribution in [0.4, 0.5) is 5.82 Å². The highest BCUT2D eigenvalue weighted by Crippen LogP contribution is 2.35. The van der Waals surface area contributed by atoms with E-state index in [1.165, 1.54) is 16.0 Å². The number of rotatable bonds is 3. The summed E-state index contributed by atoms with van der Waals surface area (Å²) in [6.45, 7) is 2.75. The van der Waals surface area contributed by atoms with E-state index in [2.05, 4.69) is 56.9 Å². The van der Waals surface area contributed by atoms with Crippen LogP contribution in [-0.2, 0) is 13.1 Å². The Morgan fingerprint density at radius 2 is 2.00 bits per heavy atom. The lowest BCUT2D eigenvalue weighted by molar-refractivity contribution is 0.229. The minimum Gasteiger partial charge on any atom is -0.382 e. The maximum atomic E-state index is 5.62. The second-order valence-corrected chi connectivity index (χ2v) is 6.87. The molecule has 116 valence electrons. The van der Waals surface area contributed by atoms with Crippen molar-refractivity contribution in [1.29, 1.82) is 0 Å². The van der Waals surface area contributed by atoms with Gasteiger partial charge in [0.25, 0.3) is 0 Å². The number of nitrogens with two attached hydrogens (primary N) is 1. The van der Waals surface area contributed by atoms with Gasteiger partial charge in [0.15, 0.2) is 0 Å². The first-order valence-electron chi connectivity index (χ1n) is 7.71. The maximum absolute atomic E-state index is 5.62. The standard InChI is InChI=1S/C18H18N4S/c19-18-8-7-14(20-21-18)11-22-10-13-4-1-2-5-15(13)16(12-22)17-6-3-9-23-17/h1-9,16H,10-12H2,(H2,19,21). The zero-order valence-corrected chi connectivity index (χ0v) is 13.5. The third kappa shape index (κ3) is 2.98. The summed E-state index contributed by atoms with van der Waals surface area (Å²) in [6, 6.07) is 16.9. The second kappa shape index (κ2) is 6.10. The fourth-order valence-electron chi connectivity index (χ4n) is 3.22. The molecule has 1 atom stereocenters. The first-order chi connectivity index (χ1) is 11.3. The van der Waals surface area contributed by atoms with Gasteiger partial charge in [-0.3, -0.25) is 4.90 Å². The monoisotopic (exact) mass is 322 g/mol.